The summed E-state index contributed by atoms with van der Waals surface area (Å²) in [5, 5.41) is 6.83. The summed E-state index contributed by atoms with van der Waals surface area (Å²) in [6.07, 6.45) is 0.759. The van der Waals surface area contributed by atoms with Crippen molar-refractivity contribution in [1.29, 1.82) is 0 Å². The molecule has 1 N–H and O–H groups in total. The van der Waals surface area contributed by atoms with Crippen molar-refractivity contribution in [2.45, 2.75) is 13.0 Å². The fraction of sp³-hybridized carbons (Fsp3) is 0.217. The molecule has 4 rings (SSSR count). The Bertz CT molecular complexity index is 1240. The molecule has 0 spiro atoms. The average Bonchev–Trinajstić information content (AvgIpc) is 3.24. The van der Waals surface area contributed by atoms with Gasteiger partial charge in [-0.1, -0.05) is 18.2 Å². The number of methoxy groups -OCH3 is 2. The molecule has 164 valence electrons. The number of hydrogen-bond donors (Lipinski definition) is 1. The maximum absolute atomic E-state index is 13.0. The number of carbonyl (C=O) groups excluding carboxylic acids is 2. The standard InChI is InChI=1S/C23H22N4O5/c1-31-19-9-7-16(13-20(19)32-2)24-21(28)14-27-22(29)10-8-17(25-27)23(30)26-12-11-15-5-3-4-6-18(15)26/h3-10,13H,11-12,14H2,1-2H3,(H,24,28). The highest BCUT2D eigenvalue weighted by Crippen LogP contribution is 2.30. The third-order valence-electron chi connectivity index (χ3n) is 5.18. The van der Waals surface area contributed by atoms with Crippen molar-refractivity contribution in [3.05, 3.63) is 76.2 Å². The second-order valence-electron chi connectivity index (χ2n) is 7.17. The molecule has 9 nitrogen and oxygen atoms in total. The number of para-hydroxylation sites is 1. The van der Waals surface area contributed by atoms with Crippen molar-refractivity contribution in [2.24, 2.45) is 0 Å². The van der Waals surface area contributed by atoms with Gasteiger partial charge in [-0.05, 0) is 36.2 Å². The number of fused-ring (bicyclic) bond motifs is 1. The van der Waals surface area contributed by atoms with Crippen molar-refractivity contribution in [3.63, 3.8) is 0 Å². The number of hydrogen-bond acceptors (Lipinski definition) is 6. The molecule has 32 heavy (non-hydrogen) atoms. The van der Waals surface area contributed by atoms with Crippen LogP contribution in [0.4, 0.5) is 11.4 Å². The van der Waals surface area contributed by atoms with E-state index in [0.717, 1.165) is 22.4 Å². The minimum absolute atomic E-state index is 0.0974. The van der Waals surface area contributed by atoms with Crippen LogP contribution in [-0.2, 0) is 17.8 Å². The number of nitrogens with one attached hydrogen (secondary N) is 1. The van der Waals surface area contributed by atoms with Crippen LogP contribution in [0.3, 0.4) is 0 Å². The van der Waals surface area contributed by atoms with Crippen LogP contribution in [0.5, 0.6) is 11.5 Å². The van der Waals surface area contributed by atoms with Crippen LogP contribution in [0.15, 0.2) is 59.4 Å². The van der Waals surface area contributed by atoms with Crippen LogP contribution < -0.4 is 25.2 Å². The van der Waals surface area contributed by atoms with E-state index < -0.39 is 11.5 Å². The lowest BCUT2D eigenvalue weighted by atomic mass is 10.2. The highest BCUT2D eigenvalue weighted by molar-refractivity contribution is 6.06. The Balaban J connectivity index is 1.50. The third-order valence-corrected chi connectivity index (χ3v) is 5.18. The summed E-state index contributed by atoms with van der Waals surface area (Å²) in [5.41, 5.74) is 2.01. The van der Waals surface area contributed by atoms with Gasteiger partial charge in [0.1, 0.15) is 12.2 Å². The Kier molecular flexibility index (Phi) is 5.89. The van der Waals surface area contributed by atoms with E-state index in [1.807, 2.05) is 24.3 Å². The smallest absolute Gasteiger partial charge is 0.278 e. The largest absolute Gasteiger partial charge is 0.493 e. The minimum atomic E-state index is -0.481. The van der Waals surface area contributed by atoms with E-state index in [-0.39, 0.29) is 18.1 Å². The van der Waals surface area contributed by atoms with Gasteiger partial charge >= 0.3 is 0 Å². The number of ether oxygens (including phenoxy) is 2. The summed E-state index contributed by atoms with van der Waals surface area (Å²) in [6, 6.07) is 15.2. The first-order chi connectivity index (χ1) is 15.5. The van der Waals surface area contributed by atoms with Gasteiger partial charge in [0.15, 0.2) is 11.5 Å². The number of anilines is 2. The molecule has 0 bridgehead atoms. The molecule has 1 aromatic heterocycles. The Labute approximate surface area is 184 Å². The van der Waals surface area contributed by atoms with Crippen LogP contribution >= 0.6 is 0 Å². The molecule has 2 amide bonds. The zero-order valence-corrected chi connectivity index (χ0v) is 17.7. The Morgan fingerprint density at radius 2 is 1.81 bits per heavy atom. The molecule has 0 saturated carbocycles. The summed E-state index contributed by atoms with van der Waals surface area (Å²) >= 11 is 0. The average molecular weight is 434 g/mol. The molecule has 1 aliphatic heterocycles. The Hall–Kier alpha value is -4.14. The van der Waals surface area contributed by atoms with E-state index in [0.29, 0.717) is 23.7 Å². The highest BCUT2D eigenvalue weighted by atomic mass is 16.5. The number of benzene rings is 2. The quantitative estimate of drug-likeness (QED) is 0.637. The van der Waals surface area contributed by atoms with Gasteiger partial charge in [-0.3, -0.25) is 14.4 Å². The molecule has 0 unspecified atom stereocenters. The van der Waals surface area contributed by atoms with Gasteiger partial charge in [0.25, 0.3) is 11.5 Å². The molecule has 0 radical (unpaired) electrons. The van der Waals surface area contributed by atoms with E-state index in [2.05, 4.69) is 10.4 Å². The molecule has 3 aromatic rings. The minimum Gasteiger partial charge on any atom is -0.493 e. The molecule has 0 atom stereocenters. The van der Waals surface area contributed by atoms with Crippen molar-refractivity contribution in [2.75, 3.05) is 31.0 Å². The third kappa shape index (κ3) is 4.18. The topological polar surface area (TPSA) is 103 Å². The lowest BCUT2D eigenvalue weighted by molar-refractivity contribution is -0.117. The van der Waals surface area contributed by atoms with Gasteiger partial charge in [0, 0.05) is 30.1 Å². The first kappa shape index (κ1) is 21.1. The fourth-order valence-corrected chi connectivity index (χ4v) is 3.61. The number of carbonyl (C=O) groups is 2. The van der Waals surface area contributed by atoms with Crippen molar-refractivity contribution in [1.82, 2.24) is 9.78 Å². The van der Waals surface area contributed by atoms with E-state index in [1.54, 1.807) is 23.1 Å². The van der Waals surface area contributed by atoms with Crippen LogP contribution in [0.2, 0.25) is 0 Å². The first-order valence-corrected chi connectivity index (χ1v) is 10.00. The summed E-state index contributed by atoms with van der Waals surface area (Å²) in [7, 11) is 3.01. The predicted molar refractivity (Wildman–Crippen MR) is 118 cm³/mol. The van der Waals surface area contributed by atoms with E-state index in [4.69, 9.17) is 9.47 Å². The molecule has 0 saturated heterocycles. The molecule has 2 aromatic carbocycles. The molecule has 9 heteroatoms. The SMILES string of the molecule is COc1ccc(NC(=O)Cn2nc(C(=O)N3CCc4ccccc43)ccc2=O)cc1OC. The lowest BCUT2D eigenvalue weighted by Gasteiger charge is -2.17. The van der Waals surface area contributed by atoms with Crippen molar-refractivity contribution < 1.29 is 19.1 Å². The predicted octanol–water partition coefficient (Wildman–Crippen LogP) is 2.10. The van der Waals surface area contributed by atoms with Gasteiger partial charge in [0.05, 0.1) is 14.2 Å². The molecule has 1 aliphatic rings. The number of aromatic nitrogens is 2. The summed E-state index contributed by atoms with van der Waals surface area (Å²) in [5.74, 6) is 0.198. The maximum atomic E-state index is 13.0. The molecule has 2 heterocycles. The van der Waals surface area contributed by atoms with Crippen molar-refractivity contribution >= 4 is 23.2 Å². The number of amides is 2. The van der Waals surface area contributed by atoms with Crippen LogP contribution in [0, 0.1) is 0 Å². The Morgan fingerprint density at radius 1 is 1.03 bits per heavy atom. The molecule has 0 fully saturated rings. The lowest BCUT2D eigenvalue weighted by Crippen LogP contribution is -2.34. The molecule has 0 aliphatic carbocycles. The van der Waals surface area contributed by atoms with Crippen LogP contribution in [0.25, 0.3) is 0 Å². The van der Waals surface area contributed by atoms with Gasteiger partial charge < -0.3 is 19.7 Å². The number of rotatable bonds is 6. The summed E-state index contributed by atoms with van der Waals surface area (Å²) in [6.45, 7) is 0.198. The van der Waals surface area contributed by atoms with Gasteiger partial charge in [-0.15, -0.1) is 0 Å². The van der Waals surface area contributed by atoms with Gasteiger partial charge in [-0.2, -0.15) is 5.10 Å². The van der Waals surface area contributed by atoms with Gasteiger partial charge in [-0.25, -0.2) is 4.68 Å². The zero-order valence-electron chi connectivity index (χ0n) is 17.7. The highest BCUT2D eigenvalue weighted by Gasteiger charge is 2.26. The fourth-order valence-electron chi connectivity index (χ4n) is 3.61. The molecular weight excluding hydrogens is 412 g/mol. The van der Waals surface area contributed by atoms with Gasteiger partial charge in [0.2, 0.25) is 5.91 Å². The summed E-state index contributed by atoms with van der Waals surface area (Å²) < 4.78 is 11.4. The Morgan fingerprint density at radius 3 is 2.59 bits per heavy atom. The van der Waals surface area contributed by atoms with E-state index in [1.165, 1.54) is 26.4 Å². The van der Waals surface area contributed by atoms with Crippen LogP contribution in [-0.4, -0.2) is 42.4 Å². The van der Waals surface area contributed by atoms with Crippen LogP contribution in [0.1, 0.15) is 16.1 Å². The second kappa shape index (κ2) is 8.93. The van der Waals surface area contributed by atoms with Crippen molar-refractivity contribution in [3.8, 4) is 11.5 Å². The zero-order chi connectivity index (χ0) is 22.7. The first-order valence-electron chi connectivity index (χ1n) is 10.00. The monoisotopic (exact) mass is 434 g/mol. The van der Waals surface area contributed by atoms with E-state index >= 15 is 0 Å². The number of nitrogens with zero attached hydrogens (tertiary/aromatic N) is 3. The molecular formula is C23H22N4O5. The summed E-state index contributed by atoms with van der Waals surface area (Å²) in [4.78, 5) is 39.4. The maximum Gasteiger partial charge on any atom is 0.278 e. The second-order valence-corrected chi connectivity index (χ2v) is 7.17. The normalized spacial score (nSPS) is 12.2. The van der Waals surface area contributed by atoms with E-state index in [9.17, 15) is 14.4 Å².